The molecule has 0 spiro atoms. The average molecular weight is 444 g/mol. The van der Waals surface area contributed by atoms with E-state index in [0.29, 0.717) is 32.8 Å². The molecule has 1 heterocycles. The molecule has 0 radical (unpaired) electrons. The molecule has 2 aromatic carbocycles. The molecular weight excluding hydrogens is 422 g/mol. The Morgan fingerprint density at radius 2 is 1.60 bits per heavy atom. The van der Waals surface area contributed by atoms with Gasteiger partial charge in [0.15, 0.2) is 11.6 Å². The van der Waals surface area contributed by atoms with Crippen LogP contribution in [0.1, 0.15) is 23.1 Å². The van der Waals surface area contributed by atoms with Crippen molar-refractivity contribution < 1.29 is 27.0 Å². The lowest BCUT2D eigenvalue weighted by molar-refractivity contribution is 0.0435. The van der Waals surface area contributed by atoms with Gasteiger partial charge in [-0.1, -0.05) is 18.2 Å². The summed E-state index contributed by atoms with van der Waals surface area (Å²) < 4.78 is 68.3. The summed E-state index contributed by atoms with van der Waals surface area (Å²) in [5.41, 5.74) is 1.41. The number of fused-ring (bicyclic) bond motifs is 1. The standard InChI is InChI=1S/C22H21F4NO2.ClH/c23-18-17(5-2-8-27-9-11-28-12-10-27)19(24)21(26)22(20(18)25)29-16-7-6-14-3-1-4-15(14)13-16;/h2,5-7,13H,1,3-4,8-12H2;1H/b5-2+;. The summed E-state index contributed by atoms with van der Waals surface area (Å²) >= 11 is 0. The first-order valence-electron chi connectivity index (χ1n) is 9.67. The second-order valence-electron chi connectivity index (χ2n) is 7.20. The summed E-state index contributed by atoms with van der Waals surface area (Å²) in [4.78, 5) is 2.01. The third-order valence-electron chi connectivity index (χ3n) is 5.30. The molecule has 0 aromatic heterocycles. The quantitative estimate of drug-likeness (QED) is 0.463. The van der Waals surface area contributed by atoms with Crippen LogP contribution in [0, 0.1) is 23.3 Å². The van der Waals surface area contributed by atoms with Gasteiger partial charge in [0.2, 0.25) is 17.4 Å². The van der Waals surface area contributed by atoms with Gasteiger partial charge in [-0.3, -0.25) is 4.90 Å². The van der Waals surface area contributed by atoms with Gasteiger partial charge < -0.3 is 9.47 Å². The topological polar surface area (TPSA) is 21.7 Å². The van der Waals surface area contributed by atoms with Crippen molar-refractivity contribution in [2.24, 2.45) is 0 Å². The van der Waals surface area contributed by atoms with Crippen LogP contribution in [-0.2, 0) is 17.6 Å². The van der Waals surface area contributed by atoms with Crippen LogP contribution in [0.15, 0.2) is 24.3 Å². The first kappa shape index (κ1) is 22.6. The zero-order valence-electron chi connectivity index (χ0n) is 16.2. The van der Waals surface area contributed by atoms with E-state index in [4.69, 9.17) is 9.47 Å². The van der Waals surface area contributed by atoms with Gasteiger partial charge in [0.1, 0.15) is 5.75 Å². The molecule has 0 bridgehead atoms. The van der Waals surface area contributed by atoms with E-state index in [2.05, 4.69) is 0 Å². The molecule has 30 heavy (non-hydrogen) atoms. The van der Waals surface area contributed by atoms with Crippen molar-refractivity contribution in [3.63, 3.8) is 0 Å². The number of benzene rings is 2. The van der Waals surface area contributed by atoms with E-state index in [1.54, 1.807) is 12.1 Å². The van der Waals surface area contributed by atoms with Crippen LogP contribution < -0.4 is 4.74 Å². The Balaban J connectivity index is 0.00000256. The molecule has 0 amide bonds. The summed E-state index contributed by atoms with van der Waals surface area (Å²) in [6.07, 6.45) is 5.31. The van der Waals surface area contributed by atoms with E-state index in [1.807, 2.05) is 11.0 Å². The number of hydrogen-bond donors (Lipinski definition) is 0. The third-order valence-corrected chi connectivity index (χ3v) is 5.30. The highest BCUT2D eigenvalue weighted by molar-refractivity contribution is 5.85. The van der Waals surface area contributed by atoms with E-state index in [9.17, 15) is 17.6 Å². The van der Waals surface area contributed by atoms with Crippen molar-refractivity contribution in [3.05, 3.63) is 64.2 Å². The summed E-state index contributed by atoms with van der Waals surface area (Å²) in [7, 11) is 0. The molecule has 2 aromatic rings. The fourth-order valence-corrected chi connectivity index (χ4v) is 3.70. The number of aryl methyl sites for hydroxylation is 2. The van der Waals surface area contributed by atoms with Gasteiger partial charge in [-0.2, -0.15) is 8.78 Å². The number of morpholine rings is 1. The summed E-state index contributed by atoms with van der Waals surface area (Å²) in [6.45, 7) is 2.93. The minimum atomic E-state index is -1.55. The molecule has 4 rings (SSSR count). The lowest BCUT2D eigenvalue weighted by Crippen LogP contribution is -2.36. The van der Waals surface area contributed by atoms with Crippen molar-refractivity contribution in [1.29, 1.82) is 0 Å². The van der Waals surface area contributed by atoms with Crippen LogP contribution >= 0.6 is 12.4 Å². The molecule has 162 valence electrons. The largest absolute Gasteiger partial charge is 0.451 e. The molecule has 0 atom stereocenters. The smallest absolute Gasteiger partial charge is 0.205 e. The third kappa shape index (κ3) is 4.63. The molecule has 0 unspecified atom stereocenters. The van der Waals surface area contributed by atoms with Crippen molar-refractivity contribution in [3.8, 4) is 11.5 Å². The van der Waals surface area contributed by atoms with Crippen LogP contribution in [0.4, 0.5) is 17.6 Å². The Labute approximate surface area is 178 Å². The van der Waals surface area contributed by atoms with E-state index >= 15 is 0 Å². The van der Waals surface area contributed by atoms with E-state index in [1.165, 1.54) is 6.08 Å². The maximum atomic E-state index is 14.5. The molecule has 8 heteroatoms. The number of halogens is 5. The average Bonchev–Trinajstić information content (AvgIpc) is 3.21. The highest BCUT2D eigenvalue weighted by Crippen LogP contribution is 2.35. The molecule has 1 aliphatic heterocycles. The Morgan fingerprint density at radius 3 is 2.30 bits per heavy atom. The molecule has 1 fully saturated rings. The number of hydrogen-bond acceptors (Lipinski definition) is 3. The van der Waals surface area contributed by atoms with E-state index < -0.39 is 34.6 Å². The summed E-state index contributed by atoms with van der Waals surface area (Å²) in [5, 5.41) is 0. The van der Waals surface area contributed by atoms with Crippen molar-refractivity contribution in [2.75, 3.05) is 32.8 Å². The van der Waals surface area contributed by atoms with Gasteiger partial charge in [-0.05, 0) is 42.5 Å². The minimum absolute atomic E-state index is 0. The SMILES string of the molecule is Cl.Fc1c(F)c(Oc2ccc3c(c2)CCC3)c(F)c(F)c1/C=C/CN1CCOCC1. The van der Waals surface area contributed by atoms with Gasteiger partial charge in [0.25, 0.3) is 0 Å². The molecule has 0 N–H and O–H groups in total. The van der Waals surface area contributed by atoms with Crippen LogP contribution in [0.25, 0.3) is 6.08 Å². The maximum absolute atomic E-state index is 14.5. The first-order valence-corrected chi connectivity index (χ1v) is 9.67. The van der Waals surface area contributed by atoms with E-state index in [-0.39, 0.29) is 18.2 Å². The second-order valence-corrected chi connectivity index (χ2v) is 7.20. The highest BCUT2D eigenvalue weighted by Gasteiger charge is 2.26. The molecule has 0 saturated carbocycles. The number of nitrogens with zero attached hydrogens (tertiary/aromatic N) is 1. The Morgan fingerprint density at radius 1 is 0.933 bits per heavy atom. The normalized spacial score (nSPS) is 16.5. The van der Waals surface area contributed by atoms with Crippen molar-refractivity contribution in [1.82, 2.24) is 4.90 Å². The van der Waals surface area contributed by atoms with E-state index in [0.717, 1.165) is 36.5 Å². The lowest BCUT2D eigenvalue weighted by atomic mass is 10.1. The lowest BCUT2D eigenvalue weighted by Gasteiger charge is -2.25. The van der Waals surface area contributed by atoms with Gasteiger partial charge in [0, 0.05) is 19.6 Å². The minimum Gasteiger partial charge on any atom is -0.451 e. The van der Waals surface area contributed by atoms with Gasteiger partial charge >= 0.3 is 0 Å². The summed E-state index contributed by atoms with van der Waals surface area (Å²) in [6, 6.07) is 5.02. The predicted molar refractivity (Wildman–Crippen MR) is 108 cm³/mol. The summed E-state index contributed by atoms with van der Waals surface area (Å²) in [5.74, 6) is -6.96. The molecule has 2 aliphatic rings. The van der Waals surface area contributed by atoms with Crippen molar-refractivity contribution >= 4 is 18.5 Å². The van der Waals surface area contributed by atoms with Crippen LogP contribution in [0.3, 0.4) is 0 Å². The Kier molecular flexibility index (Phi) is 7.39. The number of ether oxygens (including phenoxy) is 2. The second kappa shape index (κ2) is 9.81. The zero-order valence-corrected chi connectivity index (χ0v) is 17.0. The Hall–Kier alpha value is -2.09. The first-order chi connectivity index (χ1) is 14.0. The fraction of sp³-hybridized carbons (Fsp3) is 0.364. The van der Waals surface area contributed by atoms with Gasteiger partial charge in [-0.25, -0.2) is 8.78 Å². The molecule has 1 aliphatic carbocycles. The van der Waals surface area contributed by atoms with Crippen LogP contribution in [0.2, 0.25) is 0 Å². The predicted octanol–water partition coefficient (Wildman–Crippen LogP) is 5.29. The van der Waals surface area contributed by atoms with Crippen molar-refractivity contribution in [2.45, 2.75) is 19.3 Å². The Bertz CT molecular complexity index is 916. The molecular formula is C22H22ClF4NO2. The van der Waals surface area contributed by atoms with Gasteiger partial charge in [0.05, 0.1) is 18.8 Å². The van der Waals surface area contributed by atoms with Gasteiger partial charge in [-0.15, -0.1) is 12.4 Å². The van der Waals surface area contributed by atoms with Crippen LogP contribution in [0.5, 0.6) is 11.5 Å². The zero-order chi connectivity index (χ0) is 20.4. The number of rotatable bonds is 5. The monoisotopic (exact) mass is 443 g/mol. The molecule has 3 nitrogen and oxygen atoms in total. The highest BCUT2D eigenvalue weighted by atomic mass is 35.5. The van der Waals surface area contributed by atoms with Crippen LogP contribution in [-0.4, -0.2) is 37.7 Å². The fourth-order valence-electron chi connectivity index (χ4n) is 3.70. The molecule has 1 saturated heterocycles. The maximum Gasteiger partial charge on any atom is 0.205 e.